The van der Waals surface area contributed by atoms with Crippen LogP contribution in [0.3, 0.4) is 0 Å². The Morgan fingerprint density at radius 2 is 2.04 bits per heavy atom. The van der Waals surface area contributed by atoms with E-state index in [0.29, 0.717) is 16.1 Å². The van der Waals surface area contributed by atoms with Gasteiger partial charge in [0.25, 0.3) is 5.91 Å². The van der Waals surface area contributed by atoms with E-state index in [2.05, 4.69) is 5.32 Å². The third-order valence-electron chi connectivity index (χ3n) is 3.83. The fourth-order valence-electron chi connectivity index (χ4n) is 2.64. The number of benzene rings is 1. The number of thiophene rings is 1. The third-order valence-corrected chi connectivity index (χ3v) is 5.05. The molecule has 1 aromatic carbocycles. The highest BCUT2D eigenvalue weighted by molar-refractivity contribution is 7.14. The first kappa shape index (κ1) is 16.4. The average Bonchev–Trinajstić information content (AvgIpc) is 3.14. The number of anilines is 1. The van der Waals surface area contributed by atoms with Gasteiger partial charge in [0, 0.05) is 16.1 Å². The number of esters is 1. The van der Waals surface area contributed by atoms with Gasteiger partial charge in [0.1, 0.15) is 4.88 Å². The lowest BCUT2D eigenvalue weighted by Crippen LogP contribution is -2.20. The normalized spacial score (nSPS) is 12.5. The van der Waals surface area contributed by atoms with Gasteiger partial charge in [-0.25, -0.2) is 4.79 Å². The first-order chi connectivity index (χ1) is 11.5. The highest BCUT2D eigenvalue weighted by Crippen LogP contribution is 2.30. The van der Waals surface area contributed by atoms with E-state index in [-0.39, 0.29) is 12.4 Å². The first-order valence-electron chi connectivity index (χ1n) is 7.72. The van der Waals surface area contributed by atoms with Crippen molar-refractivity contribution < 1.29 is 19.1 Å². The van der Waals surface area contributed by atoms with Gasteiger partial charge in [0.2, 0.25) is 0 Å². The number of rotatable bonds is 5. The predicted molar refractivity (Wildman–Crippen MR) is 91.7 cm³/mol. The predicted octanol–water partition coefficient (Wildman–Crippen LogP) is 3.23. The molecule has 0 saturated heterocycles. The summed E-state index contributed by atoms with van der Waals surface area (Å²) in [5, 5.41) is 2.62. The van der Waals surface area contributed by atoms with Crippen LogP contribution in [0.5, 0.6) is 0 Å². The number of amides is 1. The Balaban J connectivity index is 1.54. The Hall–Kier alpha value is -2.47. The standard InChI is InChI=1S/C18H17NO4S/c1-11(20)12-4-2-6-14(8-12)19-17(21)10-23-18(22)16-9-13-5-3-7-15(13)24-16/h2,4,6,8-9H,3,5,7,10H2,1H3,(H,19,21). The van der Waals surface area contributed by atoms with E-state index in [4.69, 9.17) is 4.74 Å². The largest absolute Gasteiger partial charge is 0.451 e. The molecule has 0 radical (unpaired) electrons. The molecular weight excluding hydrogens is 326 g/mol. The van der Waals surface area contributed by atoms with Crippen LogP contribution in [0.2, 0.25) is 0 Å². The summed E-state index contributed by atoms with van der Waals surface area (Å²) in [7, 11) is 0. The molecule has 0 spiro atoms. The Kier molecular flexibility index (Phi) is 4.76. The molecule has 0 bridgehead atoms. The summed E-state index contributed by atoms with van der Waals surface area (Å²) >= 11 is 1.45. The Labute approximate surface area is 143 Å². The molecule has 0 aliphatic heterocycles. The minimum Gasteiger partial charge on any atom is -0.451 e. The van der Waals surface area contributed by atoms with Gasteiger partial charge in [0.15, 0.2) is 12.4 Å². The zero-order chi connectivity index (χ0) is 17.1. The first-order valence-corrected chi connectivity index (χ1v) is 8.54. The fraction of sp³-hybridized carbons (Fsp3) is 0.278. The molecule has 2 aromatic rings. The minimum absolute atomic E-state index is 0.0803. The molecule has 1 heterocycles. The molecule has 1 N–H and O–H groups in total. The van der Waals surface area contributed by atoms with Crippen molar-refractivity contribution in [3.63, 3.8) is 0 Å². The number of Topliss-reactive ketones (excluding diaryl/α,β-unsaturated/α-hetero) is 1. The SMILES string of the molecule is CC(=O)c1cccc(NC(=O)COC(=O)c2cc3c(s2)CCC3)c1. The maximum Gasteiger partial charge on any atom is 0.348 e. The number of ketones is 1. The van der Waals surface area contributed by atoms with Crippen LogP contribution in [0.15, 0.2) is 30.3 Å². The van der Waals surface area contributed by atoms with E-state index in [0.717, 1.165) is 19.3 Å². The van der Waals surface area contributed by atoms with Crippen molar-refractivity contribution in [2.45, 2.75) is 26.2 Å². The van der Waals surface area contributed by atoms with Crippen molar-refractivity contribution in [3.8, 4) is 0 Å². The summed E-state index contributed by atoms with van der Waals surface area (Å²) in [6.45, 7) is 1.10. The fourth-order valence-corrected chi connectivity index (χ4v) is 3.79. The molecule has 0 fully saturated rings. The maximum atomic E-state index is 12.0. The van der Waals surface area contributed by atoms with E-state index in [1.54, 1.807) is 24.3 Å². The minimum atomic E-state index is -0.470. The number of fused-ring (bicyclic) bond motifs is 1. The monoisotopic (exact) mass is 343 g/mol. The molecule has 1 amide bonds. The second-order valence-corrected chi connectivity index (χ2v) is 6.81. The van der Waals surface area contributed by atoms with Crippen LogP contribution < -0.4 is 5.32 Å². The van der Waals surface area contributed by atoms with Gasteiger partial charge >= 0.3 is 5.97 Å². The highest BCUT2D eigenvalue weighted by Gasteiger charge is 2.20. The van der Waals surface area contributed by atoms with Crippen LogP contribution in [-0.2, 0) is 22.4 Å². The summed E-state index contributed by atoms with van der Waals surface area (Å²) < 4.78 is 5.07. The number of aryl methyl sites for hydroxylation is 2. The highest BCUT2D eigenvalue weighted by atomic mass is 32.1. The summed E-state index contributed by atoms with van der Waals surface area (Å²) in [5.41, 5.74) is 2.23. The van der Waals surface area contributed by atoms with Crippen molar-refractivity contribution >= 4 is 34.7 Å². The summed E-state index contributed by atoms with van der Waals surface area (Å²) in [6.07, 6.45) is 3.16. The Morgan fingerprint density at radius 1 is 1.21 bits per heavy atom. The van der Waals surface area contributed by atoms with E-state index < -0.39 is 11.9 Å². The van der Waals surface area contributed by atoms with Crippen LogP contribution in [-0.4, -0.2) is 24.3 Å². The van der Waals surface area contributed by atoms with E-state index in [1.807, 2.05) is 6.07 Å². The van der Waals surface area contributed by atoms with Crippen LogP contribution >= 0.6 is 11.3 Å². The zero-order valence-corrected chi connectivity index (χ0v) is 14.1. The smallest absolute Gasteiger partial charge is 0.348 e. The van der Waals surface area contributed by atoms with Gasteiger partial charge in [0.05, 0.1) is 0 Å². The third kappa shape index (κ3) is 3.71. The molecule has 0 unspecified atom stereocenters. The number of nitrogens with one attached hydrogen (secondary N) is 1. The van der Waals surface area contributed by atoms with Gasteiger partial charge in [-0.2, -0.15) is 0 Å². The maximum absolute atomic E-state index is 12.0. The number of hydrogen-bond acceptors (Lipinski definition) is 5. The van der Waals surface area contributed by atoms with Crippen molar-refractivity contribution in [2.24, 2.45) is 0 Å². The molecule has 0 atom stereocenters. The summed E-state index contributed by atoms with van der Waals surface area (Å²) in [5.74, 6) is -0.988. The van der Waals surface area contributed by atoms with Crippen LogP contribution in [0.25, 0.3) is 0 Å². The molecule has 124 valence electrons. The topological polar surface area (TPSA) is 72.5 Å². The van der Waals surface area contributed by atoms with Crippen LogP contribution in [0.4, 0.5) is 5.69 Å². The van der Waals surface area contributed by atoms with E-state index in [9.17, 15) is 14.4 Å². The lowest BCUT2D eigenvalue weighted by Gasteiger charge is -2.07. The van der Waals surface area contributed by atoms with Crippen molar-refractivity contribution in [1.82, 2.24) is 0 Å². The van der Waals surface area contributed by atoms with Crippen molar-refractivity contribution in [2.75, 3.05) is 11.9 Å². The van der Waals surface area contributed by atoms with Crippen molar-refractivity contribution in [1.29, 1.82) is 0 Å². The second-order valence-electron chi connectivity index (χ2n) is 5.67. The Morgan fingerprint density at radius 3 is 2.79 bits per heavy atom. The van der Waals surface area contributed by atoms with Gasteiger partial charge in [-0.05, 0) is 49.9 Å². The van der Waals surface area contributed by atoms with Crippen LogP contribution in [0.1, 0.15) is 43.8 Å². The number of carbonyl (C=O) groups excluding carboxylic acids is 3. The lowest BCUT2D eigenvalue weighted by molar-refractivity contribution is -0.119. The zero-order valence-electron chi connectivity index (χ0n) is 13.3. The van der Waals surface area contributed by atoms with Crippen LogP contribution in [0, 0.1) is 0 Å². The molecular formula is C18H17NO4S. The van der Waals surface area contributed by atoms with E-state index >= 15 is 0 Å². The van der Waals surface area contributed by atoms with Gasteiger partial charge in [-0.15, -0.1) is 11.3 Å². The molecule has 1 aromatic heterocycles. The summed E-state index contributed by atoms with van der Waals surface area (Å²) in [4.78, 5) is 37.0. The second kappa shape index (κ2) is 6.97. The van der Waals surface area contributed by atoms with Gasteiger partial charge in [-0.1, -0.05) is 12.1 Å². The molecule has 5 nitrogen and oxygen atoms in total. The molecule has 1 aliphatic carbocycles. The van der Waals surface area contributed by atoms with Gasteiger partial charge < -0.3 is 10.1 Å². The lowest BCUT2D eigenvalue weighted by atomic mass is 10.1. The van der Waals surface area contributed by atoms with Crippen molar-refractivity contribution in [3.05, 3.63) is 51.2 Å². The number of ether oxygens (including phenoxy) is 1. The molecule has 6 heteroatoms. The molecule has 0 saturated carbocycles. The quantitative estimate of drug-likeness (QED) is 0.668. The molecule has 1 aliphatic rings. The average molecular weight is 343 g/mol. The Bertz CT molecular complexity index is 788. The number of carbonyl (C=O) groups is 3. The summed E-state index contributed by atoms with van der Waals surface area (Å²) in [6, 6.07) is 8.49. The number of hydrogen-bond donors (Lipinski definition) is 1. The van der Waals surface area contributed by atoms with Gasteiger partial charge in [-0.3, -0.25) is 9.59 Å². The van der Waals surface area contributed by atoms with E-state index in [1.165, 1.54) is 28.7 Å². The molecule has 3 rings (SSSR count). The molecule has 24 heavy (non-hydrogen) atoms.